The van der Waals surface area contributed by atoms with Crippen LogP contribution in [-0.4, -0.2) is 44.2 Å². The monoisotopic (exact) mass is 280 g/mol. The second-order valence-corrected chi connectivity index (χ2v) is 6.20. The first-order valence-corrected chi connectivity index (χ1v) is 7.88. The average molecular weight is 280 g/mol. The summed E-state index contributed by atoms with van der Waals surface area (Å²) >= 11 is 0. The van der Waals surface area contributed by atoms with Crippen molar-refractivity contribution in [3.8, 4) is 0 Å². The first kappa shape index (κ1) is 15.5. The van der Waals surface area contributed by atoms with Gasteiger partial charge in [-0.1, -0.05) is 31.8 Å². The van der Waals surface area contributed by atoms with Crippen LogP contribution in [0, 0.1) is 5.41 Å². The maximum atomic E-state index is 12.9. The Morgan fingerprint density at radius 2 is 2.05 bits per heavy atom. The van der Waals surface area contributed by atoms with Gasteiger partial charge >= 0.3 is 0 Å². The molecule has 1 amide bonds. The molecule has 0 radical (unpaired) electrons. The van der Waals surface area contributed by atoms with Gasteiger partial charge < -0.3 is 15.4 Å². The topological polar surface area (TPSA) is 55.6 Å². The molecule has 0 aromatic rings. The Morgan fingerprint density at radius 1 is 1.35 bits per heavy atom. The largest absolute Gasteiger partial charge is 0.380 e. The molecule has 0 atom stereocenters. The van der Waals surface area contributed by atoms with Crippen molar-refractivity contribution in [1.29, 1.82) is 0 Å². The number of nitrogens with zero attached hydrogens (tertiary/aromatic N) is 1. The van der Waals surface area contributed by atoms with Crippen molar-refractivity contribution in [2.45, 2.75) is 44.9 Å². The molecule has 1 heterocycles. The van der Waals surface area contributed by atoms with Gasteiger partial charge in [0.05, 0.1) is 12.0 Å². The van der Waals surface area contributed by atoms with Gasteiger partial charge in [-0.15, -0.1) is 0 Å². The van der Waals surface area contributed by atoms with Crippen LogP contribution >= 0.6 is 0 Å². The third-order valence-corrected chi connectivity index (χ3v) is 4.83. The number of rotatable bonds is 4. The minimum atomic E-state index is -0.289. The van der Waals surface area contributed by atoms with Crippen molar-refractivity contribution < 1.29 is 9.53 Å². The second kappa shape index (κ2) is 7.23. The van der Waals surface area contributed by atoms with Gasteiger partial charge in [-0.25, -0.2) is 0 Å². The van der Waals surface area contributed by atoms with Crippen molar-refractivity contribution >= 4 is 5.91 Å². The number of methoxy groups -OCH3 is 1. The predicted molar refractivity (Wildman–Crippen MR) is 80.3 cm³/mol. The third kappa shape index (κ3) is 3.41. The molecule has 2 aliphatic rings. The normalized spacial score (nSPS) is 23.1. The maximum Gasteiger partial charge on any atom is 0.230 e. The molecule has 20 heavy (non-hydrogen) atoms. The van der Waals surface area contributed by atoms with E-state index >= 15 is 0 Å². The van der Waals surface area contributed by atoms with Crippen LogP contribution in [0.15, 0.2) is 11.6 Å². The highest BCUT2D eigenvalue weighted by atomic mass is 16.5. The van der Waals surface area contributed by atoms with E-state index in [9.17, 15) is 4.79 Å². The number of carbonyl (C=O) groups excluding carboxylic acids is 1. The van der Waals surface area contributed by atoms with Crippen molar-refractivity contribution in [3.05, 3.63) is 11.6 Å². The predicted octanol–water partition coefficient (Wildman–Crippen LogP) is 2.09. The molecule has 0 unspecified atom stereocenters. The number of amides is 1. The molecular formula is C16H28N2O2. The molecule has 1 fully saturated rings. The van der Waals surface area contributed by atoms with Crippen LogP contribution in [0.5, 0.6) is 0 Å². The quantitative estimate of drug-likeness (QED) is 0.634. The molecule has 1 aliphatic heterocycles. The maximum absolute atomic E-state index is 12.9. The van der Waals surface area contributed by atoms with E-state index in [1.807, 2.05) is 4.90 Å². The molecule has 0 bridgehead atoms. The van der Waals surface area contributed by atoms with Crippen molar-refractivity contribution in [2.24, 2.45) is 11.1 Å². The van der Waals surface area contributed by atoms with Crippen LogP contribution in [0.1, 0.15) is 44.9 Å². The van der Waals surface area contributed by atoms with Gasteiger partial charge in [-0.2, -0.15) is 0 Å². The van der Waals surface area contributed by atoms with Gasteiger partial charge in [0.1, 0.15) is 0 Å². The lowest BCUT2D eigenvalue weighted by Crippen LogP contribution is -2.49. The minimum Gasteiger partial charge on any atom is -0.380 e. The molecule has 2 rings (SSSR count). The van der Waals surface area contributed by atoms with Gasteiger partial charge in [0, 0.05) is 26.7 Å². The number of carbonyl (C=O) groups is 1. The van der Waals surface area contributed by atoms with Crippen LogP contribution in [0.3, 0.4) is 0 Å². The molecule has 0 spiro atoms. The average Bonchev–Trinajstić information content (AvgIpc) is 2.74. The Bertz CT molecular complexity index is 357. The lowest BCUT2D eigenvalue weighted by Gasteiger charge is -2.37. The summed E-state index contributed by atoms with van der Waals surface area (Å²) in [5, 5.41) is 0. The Morgan fingerprint density at radius 3 is 2.55 bits per heavy atom. The molecule has 114 valence electrons. The summed E-state index contributed by atoms with van der Waals surface area (Å²) in [5.41, 5.74) is 7.02. The Hall–Kier alpha value is -0.870. The van der Waals surface area contributed by atoms with Crippen LogP contribution in [0.4, 0.5) is 0 Å². The summed E-state index contributed by atoms with van der Waals surface area (Å²) in [6.07, 6.45) is 9.77. The van der Waals surface area contributed by atoms with Gasteiger partial charge in [-0.05, 0) is 24.8 Å². The number of nitrogens with two attached hydrogens (primary N) is 1. The number of hydrogen-bond donors (Lipinski definition) is 1. The van der Waals surface area contributed by atoms with Crippen molar-refractivity contribution in [1.82, 2.24) is 4.90 Å². The zero-order chi connectivity index (χ0) is 14.4. The van der Waals surface area contributed by atoms with E-state index in [1.165, 1.54) is 18.4 Å². The van der Waals surface area contributed by atoms with E-state index in [-0.39, 0.29) is 11.3 Å². The molecule has 0 aromatic heterocycles. The SMILES string of the molecule is COCC1=CCN(C(=O)C2(CN)CCCCCC2)CC1. The Labute approximate surface area is 122 Å². The van der Waals surface area contributed by atoms with E-state index in [2.05, 4.69) is 6.08 Å². The molecule has 4 heteroatoms. The van der Waals surface area contributed by atoms with Crippen molar-refractivity contribution in [2.75, 3.05) is 33.4 Å². The fourth-order valence-corrected chi connectivity index (χ4v) is 3.46. The first-order chi connectivity index (χ1) is 9.72. The highest BCUT2D eigenvalue weighted by Gasteiger charge is 2.40. The summed E-state index contributed by atoms with van der Waals surface area (Å²) in [4.78, 5) is 14.9. The third-order valence-electron chi connectivity index (χ3n) is 4.83. The lowest BCUT2D eigenvalue weighted by atomic mass is 9.78. The zero-order valence-electron chi connectivity index (χ0n) is 12.7. The summed E-state index contributed by atoms with van der Waals surface area (Å²) in [6, 6.07) is 0. The van der Waals surface area contributed by atoms with Gasteiger partial charge in [-0.3, -0.25) is 4.79 Å². The smallest absolute Gasteiger partial charge is 0.230 e. The van der Waals surface area contributed by atoms with Crippen LogP contribution < -0.4 is 5.73 Å². The molecule has 0 saturated heterocycles. The molecule has 2 N–H and O–H groups in total. The molecule has 0 aromatic carbocycles. The first-order valence-electron chi connectivity index (χ1n) is 7.88. The van der Waals surface area contributed by atoms with E-state index in [4.69, 9.17) is 10.5 Å². The van der Waals surface area contributed by atoms with E-state index in [0.717, 1.165) is 45.2 Å². The second-order valence-electron chi connectivity index (χ2n) is 6.20. The van der Waals surface area contributed by atoms with Gasteiger partial charge in [0.15, 0.2) is 0 Å². The zero-order valence-corrected chi connectivity index (χ0v) is 12.7. The summed E-state index contributed by atoms with van der Waals surface area (Å²) < 4.78 is 5.16. The highest BCUT2D eigenvalue weighted by molar-refractivity contribution is 5.83. The van der Waals surface area contributed by atoms with E-state index in [0.29, 0.717) is 13.2 Å². The van der Waals surface area contributed by atoms with Crippen LogP contribution in [0.2, 0.25) is 0 Å². The molecule has 1 aliphatic carbocycles. The fourth-order valence-electron chi connectivity index (χ4n) is 3.46. The number of ether oxygens (including phenoxy) is 1. The standard InChI is InChI=1S/C16H28N2O2/c1-20-12-14-6-10-18(11-7-14)15(19)16(13-17)8-4-2-3-5-9-16/h6H,2-5,7-13,17H2,1H3. The fraction of sp³-hybridized carbons (Fsp3) is 0.812. The summed E-state index contributed by atoms with van der Waals surface area (Å²) in [6.45, 7) is 2.72. The van der Waals surface area contributed by atoms with Gasteiger partial charge in [0.2, 0.25) is 5.91 Å². The minimum absolute atomic E-state index is 0.287. The molecular weight excluding hydrogens is 252 g/mol. The summed E-state index contributed by atoms with van der Waals surface area (Å²) in [5.74, 6) is 0.287. The van der Waals surface area contributed by atoms with Crippen LogP contribution in [-0.2, 0) is 9.53 Å². The van der Waals surface area contributed by atoms with E-state index < -0.39 is 0 Å². The molecule has 1 saturated carbocycles. The van der Waals surface area contributed by atoms with E-state index in [1.54, 1.807) is 7.11 Å². The van der Waals surface area contributed by atoms with Crippen LogP contribution in [0.25, 0.3) is 0 Å². The highest BCUT2D eigenvalue weighted by Crippen LogP contribution is 2.36. The van der Waals surface area contributed by atoms with Crippen molar-refractivity contribution in [3.63, 3.8) is 0 Å². The Kier molecular flexibility index (Phi) is 5.61. The summed E-state index contributed by atoms with van der Waals surface area (Å²) in [7, 11) is 1.72. The lowest BCUT2D eigenvalue weighted by molar-refractivity contribution is -0.142. The molecule has 4 nitrogen and oxygen atoms in total. The van der Waals surface area contributed by atoms with Gasteiger partial charge in [0.25, 0.3) is 0 Å². The number of hydrogen-bond acceptors (Lipinski definition) is 3. The Balaban J connectivity index is 2.02.